The van der Waals surface area contributed by atoms with Gasteiger partial charge in [0.15, 0.2) is 0 Å². The lowest BCUT2D eigenvalue weighted by Gasteiger charge is -2.05. The van der Waals surface area contributed by atoms with Crippen LogP contribution in [0, 0.1) is 0 Å². The van der Waals surface area contributed by atoms with Crippen LogP contribution in [0.3, 0.4) is 0 Å². The van der Waals surface area contributed by atoms with E-state index in [1.54, 1.807) is 0 Å². The first-order valence-electron chi connectivity index (χ1n) is 4.65. The lowest BCUT2D eigenvalue weighted by Crippen LogP contribution is -2.27. The maximum absolute atomic E-state index is 10.2. The molecule has 0 aromatic heterocycles. The third-order valence-electron chi connectivity index (χ3n) is 1.86. The van der Waals surface area contributed by atoms with Gasteiger partial charge in [0.05, 0.1) is 19.3 Å². The van der Waals surface area contributed by atoms with Gasteiger partial charge in [0, 0.05) is 0 Å². The van der Waals surface area contributed by atoms with E-state index in [4.69, 9.17) is 10.5 Å². The zero-order valence-corrected chi connectivity index (χ0v) is 9.28. The van der Waals surface area contributed by atoms with Crippen molar-refractivity contribution in [2.75, 3.05) is 13.2 Å². The molecule has 0 aliphatic carbocycles. The molecule has 15 heavy (non-hydrogen) atoms. The fourth-order valence-electron chi connectivity index (χ4n) is 1.09. The van der Waals surface area contributed by atoms with Crippen LogP contribution in [0.15, 0.2) is 30.3 Å². The van der Waals surface area contributed by atoms with E-state index in [1.807, 2.05) is 30.3 Å². The number of hydrogen-bond acceptors (Lipinski definition) is 3. The number of halogens is 1. The highest BCUT2D eigenvalue weighted by Gasteiger charge is 1.98. The zero-order valence-electron chi connectivity index (χ0n) is 8.46. The first kappa shape index (κ1) is 14.1. The smallest absolute Gasteiger partial charge is 0.139 e. The molecule has 3 nitrogen and oxygen atoms in total. The van der Waals surface area contributed by atoms with Gasteiger partial charge in [-0.2, -0.15) is 0 Å². The Bertz CT molecular complexity index is 267. The number of aldehydes is 1. The summed E-state index contributed by atoms with van der Waals surface area (Å²) in [4.78, 5) is 10.2. The molecule has 0 amide bonds. The minimum Gasteiger partial charge on any atom is -0.379 e. The lowest BCUT2D eigenvalue weighted by atomic mass is 10.2. The van der Waals surface area contributed by atoms with Gasteiger partial charge in [0.25, 0.3) is 0 Å². The van der Waals surface area contributed by atoms with Gasteiger partial charge >= 0.3 is 0 Å². The van der Waals surface area contributed by atoms with Crippen LogP contribution < -0.4 is 5.73 Å². The monoisotopic (exact) mass is 229 g/mol. The van der Waals surface area contributed by atoms with Crippen LogP contribution in [-0.2, 0) is 16.0 Å². The maximum atomic E-state index is 10.2. The van der Waals surface area contributed by atoms with Crippen molar-refractivity contribution in [1.82, 2.24) is 0 Å². The Morgan fingerprint density at radius 3 is 2.60 bits per heavy atom. The molecule has 0 saturated carbocycles. The van der Waals surface area contributed by atoms with Crippen LogP contribution in [0.1, 0.15) is 5.56 Å². The highest BCUT2D eigenvalue weighted by Crippen LogP contribution is 1.99. The summed E-state index contributed by atoms with van der Waals surface area (Å²) in [6, 6.07) is 9.56. The average Bonchev–Trinajstić information content (AvgIpc) is 2.25. The first-order chi connectivity index (χ1) is 6.83. The van der Waals surface area contributed by atoms with Crippen molar-refractivity contribution in [3.05, 3.63) is 35.9 Å². The third-order valence-corrected chi connectivity index (χ3v) is 1.86. The quantitative estimate of drug-likeness (QED) is 0.589. The molecule has 1 aromatic rings. The molecule has 0 aliphatic heterocycles. The molecule has 0 fully saturated rings. The second-order valence-electron chi connectivity index (χ2n) is 3.11. The summed E-state index contributed by atoms with van der Waals surface area (Å²) in [6.07, 6.45) is 1.55. The van der Waals surface area contributed by atoms with E-state index in [1.165, 1.54) is 5.56 Å². The summed E-state index contributed by atoms with van der Waals surface area (Å²) < 4.78 is 5.23. The molecule has 4 heteroatoms. The number of carbonyl (C=O) groups excluding carboxylic acids is 1. The summed E-state index contributed by atoms with van der Waals surface area (Å²) in [6.45, 7) is 0.905. The minimum atomic E-state index is -0.495. The van der Waals surface area contributed by atoms with E-state index in [9.17, 15) is 4.79 Å². The van der Waals surface area contributed by atoms with Crippen LogP contribution in [0.2, 0.25) is 0 Å². The van der Waals surface area contributed by atoms with Crippen LogP contribution in [0.25, 0.3) is 0 Å². The van der Waals surface area contributed by atoms with E-state index < -0.39 is 6.04 Å². The van der Waals surface area contributed by atoms with Crippen molar-refractivity contribution in [1.29, 1.82) is 0 Å². The summed E-state index contributed by atoms with van der Waals surface area (Å²) >= 11 is 0. The molecule has 0 heterocycles. The SMILES string of the molecule is Cl.N[C@H](C=O)COCCc1ccccc1. The Morgan fingerprint density at radius 2 is 2.00 bits per heavy atom. The van der Waals surface area contributed by atoms with Gasteiger partial charge in [-0.25, -0.2) is 0 Å². The first-order valence-corrected chi connectivity index (χ1v) is 4.65. The minimum absolute atomic E-state index is 0. The van der Waals surface area contributed by atoms with E-state index in [2.05, 4.69) is 0 Å². The highest BCUT2D eigenvalue weighted by molar-refractivity contribution is 5.85. The number of benzene rings is 1. The Kier molecular flexibility index (Phi) is 7.91. The van der Waals surface area contributed by atoms with Crippen molar-refractivity contribution in [3.63, 3.8) is 0 Å². The molecule has 0 aliphatic rings. The second-order valence-corrected chi connectivity index (χ2v) is 3.11. The summed E-state index contributed by atoms with van der Waals surface area (Å²) in [5, 5.41) is 0. The second kappa shape index (κ2) is 8.41. The standard InChI is InChI=1S/C11H15NO2.ClH/c12-11(8-13)9-14-7-6-10-4-2-1-3-5-10;/h1-5,8,11H,6-7,9,12H2;1H/t11-;/m1./s1. The van der Waals surface area contributed by atoms with Crippen LogP contribution in [-0.4, -0.2) is 25.5 Å². The molecule has 2 N–H and O–H groups in total. The van der Waals surface area contributed by atoms with Gasteiger partial charge in [-0.15, -0.1) is 12.4 Å². The normalized spacial score (nSPS) is 11.5. The van der Waals surface area contributed by atoms with Crippen molar-refractivity contribution < 1.29 is 9.53 Å². The average molecular weight is 230 g/mol. The molecular formula is C11H16ClNO2. The fraction of sp³-hybridized carbons (Fsp3) is 0.364. The number of carbonyl (C=O) groups is 1. The fourth-order valence-corrected chi connectivity index (χ4v) is 1.09. The molecule has 1 atom stereocenters. The Hall–Kier alpha value is -0.900. The molecule has 1 rings (SSSR count). The Morgan fingerprint density at radius 1 is 1.33 bits per heavy atom. The van der Waals surface area contributed by atoms with Gasteiger partial charge in [-0.3, -0.25) is 0 Å². The predicted molar refractivity (Wildman–Crippen MR) is 62.3 cm³/mol. The van der Waals surface area contributed by atoms with Crippen LogP contribution in [0.4, 0.5) is 0 Å². The lowest BCUT2D eigenvalue weighted by molar-refractivity contribution is -0.110. The molecule has 84 valence electrons. The summed E-state index contributed by atoms with van der Waals surface area (Å²) in [7, 11) is 0. The summed E-state index contributed by atoms with van der Waals surface area (Å²) in [5.74, 6) is 0. The zero-order chi connectivity index (χ0) is 10.2. The van der Waals surface area contributed by atoms with E-state index in [-0.39, 0.29) is 12.4 Å². The van der Waals surface area contributed by atoms with Crippen LogP contribution >= 0.6 is 12.4 Å². The molecular weight excluding hydrogens is 214 g/mol. The number of rotatable bonds is 6. The number of hydrogen-bond donors (Lipinski definition) is 1. The largest absolute Gasteiger partial charge is 0.379 e. The van der Waals surface area contributed by atoms with E-state index in [0.717, 1.165) is 6.42 Å². The molecule has 0 unspecified atom stereocenters. The Labute approximate surface area is 96.0 Å². The molecule has 0 saturated heterocycles. The third kappa shape index (κ3) is 6.23. The van der Waals surface area contributed by atoms with E-state index >= 15 is 0 Å². The molecule has 0 radical (unpaired) electrons. The van der Waals surface area contributed by atoms with Gasteiger partial charge in [0.1, 0.15) is 6.29 Å². The van der Waals surface area contributed by atoms with Gasteiger partial charge < -0.3 is 15.3 Å². The highest BCUT2D eigenvalue weighted by atomic mass is 35.5. The van der Waals surface area contributed by atoms with E-state index in [0.29, 0.717) is 19.5 Å². The molecule has 0 bridgehead atoms. The maximum Gasteiger partial charge on any atom is 0.139 e. The predicted octanol–water partition coefficient (Wildman–Crippen LogP) is 1.19. The topological polar surface area (TPSA) is 52.3 Å². The van der Waals surface area contributed by atoms with Gasteiger partial charge in [-0.05, 0) is 12.0 Å². The summed E-state index contributed by atoms with van der Waals surface area (Å²) in [5.41, 5.74) is 6.59. The van der Waals surface area contributed by atoms with Crippen molar-refractivity contribution in [2.24, 2.45) is 5.73 Å². The molecule has 0 spiro atoms. The number of ether oxygens (including phenoxy) is 1. The van der Waals surface area contributed by atoms with Gasteiger partial charge in [-0.1, -0.05) is 30.3 Å². The Balaban J connectivity index is 0.00000196. The number of nitrogens with two attached hydrogens (primary N) is 1. The van der Waals surface area contributed by atoms with Crippen LogP contribution in [0.5, 0.6) is 0 Å². The molecule has 1 aromatic carbocycles. The van der Waals surface area contributed by atoms with Crippen molar-refractivity contribution >= 4 is 18.7 Å². The van der Waals surface area contributed by atoms with Gasteiger partial charge in [0.2, 0.25) is 0 Å². The van der Waals surface area contributed by atoms with Crippen molar-refractivity contribution in [3.8, 4) is 0 Å². The van der Waals surface area contributed by atoms with Crippen molar-refractivity contribution in [2.45, 2.75) is 12.5 Å².